The molecule has 11 heteroatoms. The molecule has 3 atom stereocenters. The van der Waals surface area contributed by atoms with Crippen molar-refractivity contribution in [1.82, 2.24) is 10.6 Å². The lowest BCUT2D eigenvalue weighted by Crippen LogP contribution is -2.38. The van der Waals surface area contributed by atoms with E-state index in [1.165, 1.54) is 0 Å². The number of amides is 2. The predicted octanol–water partition coefficient (Wildman–Crippen LogP) is 6.24. The number of carbonyl (C=O) groups excluding carboxylic acids is 2. The van der Waals surface area contributed by atoms with E-state index in [1.807, 2.05) is 72.8 Å². The van der Waals surface area contributed by atoms with Crippen molar-refractivity contribution in [3.8, 4) is 11.1 Å². The summed E-state index contributed by atoms with van der Waals surface area (Å²) in [5.41, 5.74) is 5.79. The first-order chi connectivity index (χ1) is 23.3. The molecule has 0 unspecified atom stereocenters. The molecule has 4 aromatic rings. The van der Waals surface area contributed by atoms with Crippen LogP contribution in [0.2, 0.25) is 0 Å². The Labute approximate surface area is 283 Å². The Morgan fingerprint density at radius 1 is 0.854 bits per heavy atom. The van der Waals surface area contributed by atoms with E-state index in [4.69, 9.17) is 14.2 Å². The molecule has 5 rings (SSSR count). The number of ether oxygens (including phenoxy) is 3. The van der Waals surface area contributed by atoms with Gasteiger partial charge in [0.05, 0.1) is 31.0 Å². The molecule has 10 nitrogen and oxygen atoms in total. The normalized spacial score (nSPS) is 17.3. The summed E-state index contributed by atoms with van der Waals surface area (Å²) in [5.74, 6) is -0.799. The molecule has 1 aliphatic rings. The summed E-state index contributed by atoms with van der Waals surface area (Å²) >= 11 is 1.60. The van der Waals surface area contributed by atoms with E-state index < -0.39 is 24.3 Å². The van der Waals surface area contributed by atoms with Crippen LogP contribution in [0.5, 0.6) is 0 Å². The van der Waals surface area contributed by atoms with Crippen molar-refractivity contribution in [2.24, 2.45) is 0 Å². The first-order valence-electron chi connectivity index (χ1n) is 15.6. The van der Waals surface area contributed by atoms with Crippen LogP contribution in [-0.4, -0.2) is 53.2 Å². The van der Waals surface area contributed by atoms with Gasteiger partial charge in [0.15, 0.2) is 6.29 Å². The van der Waals surface area contributed by atoms with Crippen LogP contribution in [-0.2, 0) is 32.2 Å². The van der Waals surface area contributed by atoms with Crippen LogP contribution in [0, 0.1) is 0 Å². The molecule has 1 fully saturated rings. The summed E-state index contributed by atoms with van der Waals surface area (Å²) in [6.45, 7) is 2.02. The summed E-state index contributed by atoms with van der Waals surface area (Å²) in [5, 5.41) is 23.9. The quantitative estimate of drug-likeness (QED) is 0.0960. The molecule has 48 heavy (non-hydrogen) atoms. The van der Waals surface area contributed by atoms with Gasteiger partial charge in [-0.2, -0.15) is 0 Å². The third-order valence-electron chi connectivity index (χ3n) is 7.75. The zero-order chi connectivity index (χ0) is 33.9. The molecule has 0 aromatic heterocycles. The number of aliphatic hydroxyl groups excluding tert-OH is 1. The zero-order valence-electron chi connectivity index (χ0n) is 26.5. The Bertz CT molecular complexity index is 1680. The number of aliphatic hydroxyl groups is 1. The average Bonchev–Trinajstić information content (AvgIpc) is 3.12. The van der Waals surface area contributed by atoms with E-state index in [0.717, 1.165) is 38.3 Å². The summed E-state index contributed by atoms with van der Waals surface area (Å²) < 4.78 is 17.8. The van der Waals surface area contributed by atoms with Crippen molar-refractivity contribution in [3.63, 3.8) is 0 Å². The molecule has 2 amide bonds. The van der Waals surface area contributed by atoms with Crippen molar-refractivity contribution in [3.05, 3.63) is 125 Å². The van der Waals surface area contributed by atoms with Crippen LogP contribution in [0.25, 0.3) is 11.1 Å². The molecule has 4 N–H and O–H groups in total. The lowest BCUT2D eigenvalue weighted by molar-refractivity contribution is -0.245. The van der Waals surface area contributed by atoms with Crippen LogP contribution >= 0.6 is 11.8 Å². The minimum Gasteiger partial charge on any atom is -0.478 e. The van der Waals surface area contributed by atoms with Gasteiger partial charge in [-0.3, -0.25) is 4.79 Å². The second-order valence-corrected chi connectivity index (χ2v) is 12.2. The smallest absolute Gasteiger partial charge is 0.335 e. The van der Waals surface area contributed by atoms with Gasteiger partial charge in [-0.25, -0.2) is 9.59 Å². The number of urea groups is 1. The zero-order valence-corrected chi connectivity index (χ0v) is 27.3. The minimum absolute atomic E-state index is 0.0320. The number of benzene rings is 4. The monoisotopic (exact) mass is 670 g/mol. The number of carbonyl (C=O) groups is 3. The summed E-state index contributed by atoms with van der Waals surface area (Å²) in [7, 11) is 0. The fourth-order valence-corrected chi connectivity index (χ4v) is 6.13. The molecule has 0 radical (unpaired) electrons. The van der Waals surface area contributed by atoms with Gasteiger partial charge in [0.25, 0.3) is 0 Å². The third kappa shape index (κ3) is 9.68. The molecule has 0 bridgehead atoms. The summed E-state index contributed by atoms with van der Waals surface area (Å²) in [6.07, 6.45) is -0.350. The van der Waals surface area contributed by atoms with E-state index in [9.17, 15) is 24.6 Å². The Morgan fingerprint density at radius 2 is 1.58 bits per heavy atom. The SMILES string of the molecule is CCOC(=O)CNC(=O)NCc1cccc(-c2ccc([C@H]3O[C@@H](CSc4ccc(C(=O)O)cc4)C[C@@H](c4ccc(CO)cc4)O3)cc2)c1. The molecule has 1 heterocycles. The number of rotatable bonds is 13. The molecule has 0 aliphatic carbocycles. The number of hydrogen-bond acceptors (Lipinski definition) is 8. The van der Waals surface area contributed by atoms with Gasteiger partial charge in [-0.15, -0.1) is 11.8 Å². The molecule has 1 aliphatic heterocycles. The number of esters is 1. The van der Waals surface area contributed by atoms with Gasteiger partial charge in [-0.1, -0.05) is 66.7 Å². The molecule has 4 aromatic carbocycles. The molecule has 1 saturated heterocycles. The minimum atomic E-state index is -0.957. The number of carboxylic acids is 1. The molecule has 0 spiro atoms. The molecule has 0 saturated carbocycles. The molecule has 250 valence electrons. The highest BCUT2D eigenvalue weighted by Crippen LogP contribution is 2.40. The Kier molecular flexibility index (Phi) is 12.2. The van der Waals surface area contributed by atoms with Crippen molar-refractivity contribution >= 4 is 29.7 Å². The van der Waals surface area contributed by atoms with Crippen molar-refractivity contribution < 1.29 is 38.8 Å². The highest BCUT2D eigenvalue weighted by Gasteiger charge is 2.32. The first-order valence-corrected chi connectivity index (χ1v) is 16.6. The number of thioether (sulfide) groups is 1. The van der Waals surface area contributed by atoms with Gasteiger partial charge >= 0.3 is 18.0 Å². The fraction of sp³-hybridized carbons (Fsp3) is 0.270. The van der Waals surface area contributed by atoms with E-state index in [-0.39, 0.29) is 44.1 Å². The maximum atomic E-state index is 12.1. The Balaban J connectivity index is 1.25. The maximum Gasteiger partial charge on any atom is 0.335 e. The highest BCUT2D eigenvalue weighted by molar-refractivity contribution is 7.99. The van der Waals surface area contributed by atoms with Crippen LogP contribution in [0.4, 0.5) is 4.79 Å². The maximum absolute atomic E-state index is 12.1. The fourth-order valence-electron chi connectivity index (χ4n) is 5.21. The van der Waals surface area contributed by atoms with Crippen LogP contribution < -0.4 is 10.6 Å². The standard InChI is InChI=1S/C37H38N2O8S/c1-2-45-34(41)21-39-37(44)38-20-25-4-3-5-30(18-25)26-10-12-29(13-11-26)36-46-31(23-48-32-16-14-28(15-17-32)35(42)43)19-33(47-36)27-8-6-24(22-40)7-9-27/h3-18,31,33,36,40H,2,19-23H2,1H3,(H,42,43)(H2,38,39,44)/t31-,33+,36+/m1/s1. The van der Waals surface area contributed by atoms with Crippen LogP contribution in [0.3, 0.4) is 0 Å². The first kappa shape index (κ1) is 34.6. The lowest BCUT2D eigenvalue weighted by atomic mass is 9.99. The van der Waals surface area contributed by atoms with E-state index in [2.05, 4.69) is 10.6 Å². The average molecular weight is 671 g/mol. The predicted molar refractivity (Wildman–Crippen MR) is 181 cm³/mol. The van der Waals surface area contributed by atoms with Gasteiger partial charge in [0, 0.05) is 29.2 Å². The lowest BCUT2D eigenvalue weighted by Gasteiger charge is -2.36. The van der Waals surface area contributed by atoms with E-state index >= 15 is 0 Å². The van der Waals surface area contributed by atoms with Gasteiger partial charge < -0.3 is 35.1 Å². The van der Waals surface area contributed by atoms with Crippen molar-refractivity contribution in [1.29, 1.82) is 0 Å². The van der Waals surface area contributed by atoms with Crippen molar-refractivity contribution in [2.75, 3.05) is 18.9 Å². The van der Waals surface area contributed by atoms with Gasteiger partial charge in [0.1, 0.15) is 6.54 Å². The summed E-state index contributed by atoms with van der Waals surface area (Å²) in [6, 6.07) is 29.9. The molecular weight excluding hydrogens is 632 g/mol. The third-order valence-corrected chi connectivity index (χ3v) is 8.89. The van der Waals surface area contributed by atoms with E-state index in [1.54, 1.807) is 43.0 Å². The molecular formula is C37H38N2O8S. The number of carboxylic acid groups (broad SMARTS) is 1. The highest BCUT2D eigenvalue weighted by atomic mass is 32.2. The van der Waals surface area contributed by atoms with Gasteiger partial charge in [-0.05, 0) is 65.1 Å². The van der Waals surface area contributed by atoms with Gasteiger partial charge in [0.2, 0.25) is 0 Å². The Morgan fingerprint density at radius 3 is 2.27 bits per heavy atom. The van der Waals surface area contributed by atoms with Crippen LogP contribution in [0.15, 0.2) is 102 Å². The second kappa shape index (κ2) is 16.9. The van der Waals surface area contributed by atoms with E-state index in [0.29, 0.717) is 12.2 Å². The number of nitrogens with one attached hydrogen (secondary N) is 2. The number of hydrogen-bond donors (Lipinski definition) is 4. The topological polar surface area (TPSA) is 143 Å². The Hall–Kier alpha value is -4.68. The van der Waals surface area contributed by atoms with Crippen molar-refractivity contribution in [2.45, 2.75) is 49.9 Å². The van der Waals surface area contributed by atoms with Crippen LogP contribution in [0.1, 0.15) is 58.4 Å². The largest absolute Gasteiger partial charge is 0.478 e. The number of aromatic carboxylic acids is 1. The summed E-state index contributed by atoms with van der Waals surface area (Å²) in [4.78, 5) is 35.8. The second-order valence-electron chi connectivity index (χ2n) is 11.2.